The van der Waals surface area contributed by atoms with Crippen LogP contribution < -0.4 is 5.32 Å². The fourth-order valence-electron chi connectivity index (χ4n) is 4.11. The first kappa shape index (κ1) is 24.6. The molecule has 0 atom stereocenters. The Labute approximate surface area is 210 Å². The largest absolute Gasteiger partial charge is 0.390 e. The second-order valence-electron chi connectivity index (χ2n) is 9.04. The molecule has 0 spiro atoms. The molecule has 0 bridgehead atoms. The van der Waals surface area contributed by atoms with Crippen LogP contribution in [-0.4, -0.2) is 28.6 Å². The van der Waals surface area contributed by atoms with Gasteiger partial charge < -0.3 is 15.6 Å². The maximum Gasteiger partial charge on any atom is 0.254 e. The molecule has 1 aliphatic heterocycles. The highest BCUT2D eigenvalue weighted by Crippen LogP contribution is 2.33. The fraction of sp³-hybridized carbons (Fsp3) is 0.250. The number of halogens is 2. The van der Waals surface area contributed by atoms with Gasteiger partial charge in [-0.05, 0) is 42.2 Å². The molecule has 2 aromatic carbocycles. The van der Waals surface area contributed by atoms with E-state index < -0.39 is 0 Å². The van der Waals surface area contributed by atoms with Crippen LogP contribution in [0.4, 0.5) is 4.39 Å². The van der Waals surface area contributed by atoms with E-state index in [1.807, 2.05) is 30.5 Å². The minimum Gasteiger partial charge on any atom is -0.390 e. The molecule has 0 fully saturated rings. The van der Waals surface area contributed by atoms with Crippen molar-refractivity contribution in [1.29, 1.82) is 5.41 Å². The number of benzene rings is 2. The first-order chi connectivity index (χ1) is 16.9. The molecule has 5 nitrogen and oxygen atoms in total. The molecule has 1 amide bonds. The first-order valence-electron chi connectivity index (χ1n) is 11.6. The maximum atomic E-state index is 14.1. The SMILES string of the molecule is CC(C)CCN/C=C(\C=N)c1ccc(Cl)nc1-c1ccc2c(c1)C(=O)N(Cc1ccccc1F)C2. The maximum absolute atomic E-state index is 14.1. The Hall–Kier alpha value is -3.51. The van der Waals surface area contributed by atoms with Crippen molar-refractivity contribution in [1.82, 2.24) is 15.2 Å². The molecule has 0 saturated heterocycles. The van der Waals surface area contributed by atoms with Gasteiger partial charge in [0.1, 0.15) is 11.0 Å². The van der Waals surface area contributed by atoms with Gasteiger partial charge in [0.2, 0.25) is 0 Å². The molecule has 1 aromatic heterocycles. The molecule has 1 aliphatic rings. The molecular formula is C28H28ClFN4O. The van der Waals surface area contributed by atoms with Gasteiger partial charge in [0, 0.05) is 59.9 Å². The summed E-state index contributed by atoms with van der Waals surface area (Å²) in [5, 5.41) is 11.6. The summed E-state index contributed by atoms with van der Waals surface area (Å²) < 4.78 is 14.1. The number of fused-ring (bicyclic) bond motifs is 1. The second-order valence-corrected chi connectivity index (χ2v) is 9.42. The molecule has 180 valence electrons. The summed E-state index contributed by atoms with van der Waals surface area (Å²) in [6, 6.07) is 15.7. The highest BCUT2D eigenvalue weighted by molar-refractivity contribution is 6.29. The first-order valence-corrected chi connectivity index (χ1v) is 12.0. The average molecular weight is 491 g/mol. The number of allylic oxidation sites excluding steroid dienone is 1. The van der Waals surface area contributed by atoms with Gasteiger partial charge in [-0.1, -0.05) is 55.8 Å². The zero-order valence-electron chi connectivity index (χ0n) is 19.8. The zero-order valence-corrected chi connectivity index (χ0v) is 20.6. The Balaban J connectivity index is 1.63. The predicted molar refractivity (Wildman–Crippen MR) is 139 cm³/mol. The van der Waals surface area contributed by atoms with Crippen LogP contribution in [0.5, 0.6) is 0 Å². The van der Waals surface area contributed by atoms with E-state index in [1.54, 1.807) is 29.2 Å². The molecule has 35 heavy (non-hydrogen) atoms. The standard InChI is InChI=1S/C28H28ClFN4O/c1-18(2)11-12-32-15-22(14-31)23-9-10-26(29)33-27(23)19-7-8-20-16-34(28(35)24(20)13-19)17-21-5-3-4-6-25(21)30/h3-10,13-15,18,31-32H,11-12,16-17H2,1-2H3/b22-15+,31-14?. The molecule has 0 saturated carbocycles. The molecule has 0 unspecified atom stereocenters. The van der Waals surface area contributed by atoms with Crippen LogP contribution in [0.3, 0.4) is 0 Å². The Morgan fingerprint density at radius 3 is 2.77 bits per heavy atom. The Morgan fingerprint density at radius 1 is 1.23 bits per heavy atom. The van der Waals surface area contributed by atoms with Gasteiger partial charge >= 0.3 is 0 Å². The molecule has 4 rings (SSSR count). The van der Waals surface area contributed by atoms with E-state index in [0.717, 1.165) is 29.7 Å². The summed E-state index contributed by atoms with van der Waals surface area (Å²) in [7, 11) is 0. The summed E-state index contributed by atoms with van der Waals surface area (Å²) in [4.78, 5) is 19.3. The smallest absolute Gasteiger partial charge is 0.254 e. The number of amides is 1. The number of nitrogens with one attached hydrogen (secondary N) is 2. The fourth-order valence-corrected chi connectivity index (χ4v) is 4.26. The van der Waals surface area contributed by atoms with Crippen LogP contribution in [0.1, 0.15) is 47.3 Å². The van der Waals surface area contributed by atoms with Crippen LogP contribution in [0.15, 0.2) is 60.8 Å². The van der Waals surface area contributed by atoms with Gasteiger partial charge in [-0.3, -0.25) is 4.79 Å². The van der Waals surface area contributed by atoms with Crippen LogP contribution in [-0.2, 0) is 13.1 Å². The number of hydrogen-bond acceptors (Lipinski definition) is 4. The van der Waals surface area contributed by atoms with Crippen molar-refractivity contribution in [2.24, 2.45) is 5.92 Å². The molecule has 0 aliphatic carbocycles. The van der Waals surface area contributed by atoms with Gasteiger partial charge in [-0.15, -0.1) is 0 Å². The van der Waals surface area contributed by atoms with Gasteiger partial charge in [-0.2, -0.15) is 0 Å². The molecule has 2 heterocycles. The molecule has 0 radical (unpaired) electrons. The van der Waals surface area contributed by atoms with Crippen molar-refractivity contribution in [2.45, 2.75) is 33.4 Å². The van der Waals surface area contributed by atoms with Crippen LogP contribution >= 0.6 is 11.6 Å². The third kappa shape index (κ3) is 5.60. The lowest BCUT2D eigenvalue weighted by Crippen LogP contribution is -2.23. The van der Waals surface area contributed by atoms with Gasteiger partial charge in [0.05, 0.1) is 5.69 Å². The lowest BCUT2D eigenvalue weighted by atomic mass is 9.97. The normalized spacial score (nSPS) is 13.3. The molecule has 7 heteroatoms. The van der Waals surface area contributed by atoms with E-state index in [-0.39, 0.29) is 18.3 Å². The average Bonchev–Trinajstić information content (AvgIpc) is 3.15. The van der Waals surface area contributed by atoms with E-state index in [1.165, 1.54) is 12.3 Å². The van der Waals surface area contributed by atoms with Crippen molar-refractivity contribution in [3.63, 3.8) is 0 Å². The van der Waals surface area contributed by atoms with Crippen molar-refractivity contribution in [3.8, 4) is 11.3 Å². The second kappa shape index (κ2) is 10.8. The molecule has 2 N–H and O–H groups in total. The zero-order chi connectivity index (χ0) is 24.9. The Kier molecular flexibility index (Phi) is 7.61. The van der Waals surface area contributed by atoms with E-state index in [9.17, 15) is 9.18 Å². The van der Waals surface area contributed by atoms with Gasteiger partial charge in [0.15, 0.2) is 0 Å². The lowest BCUT2D eigenvalue weighted by molar-refractivity contribution is 0.0765. The monoisotopic (exact) mass is 490 g/mol. The summed E-state index contributed by atoms with van der Waals surface area (Å²) in [5.74, 6) is 0.110. The number of hydrogen-bond donors (Lipinski definition) is 2. The number of rotatable bonds is 9. The van der Waals surface area contributed by atoms with Crippen molar-refractivity contribution in [3.05, 3.63) is 94.0 Å². The van der Waals surface area contributed by atoms with E-state index in [2.05, 4.69) is 24.1 Å². The predicted octanol–water partition coefficient (Wildman–Crippen LogP) is 6.32. The van der Waals surface area contributed by atoms with Crippen LogP contribution in [0.2, 0.25) is 5.15 Å². The Morgan fingerprint density at radius 2 is 2.03 bits per heavy atom. The quantitative estimate of drug-likeness (QED) is 0.209. The van der Waals surface area contributed by atoms with E-state index in [0.29, 0.717) is 40.0 Å². The van der Waals surface area contributed by atoms with Crippen LogP contribution in [0.25, 0.3) is 16.8 Å². The molecular weight excluding hydrogens is 463 g/mol. The van der Waals surface area contributed by atoms with Gasteiger partial charge in [0.25, 0.3) is 5.91 Å². The minimum atomic E-state index is -0.322. The third-order valence-electron chi connectivity index (χ3n) is 6.03. The summed E-state index contributed by atoms with van der Waals surface area (Å²) in [6.07, 6.45) is 4.12. The van der Waals surface area contributed by atoms with Crippen LogP contribution in [0, 0.1) is 17.1 Å². The number of pyridine rings is 1. The number of aromatic nitrogens is 1. The van der Waals surface area contributed by atoms with Gasteiger partial charge in [-0.25, -0.2) is 9.37 Å². The third-order valence-corrected chi connectivity index (χ3v) is 6.24. The number of carbonyl (C=O) groups excluding carboxylic acids is 1. The van der Waals surface area contributed by atoms with Crippen molar-refractivity contribution < 1.29 is 9.18 Å². The van der Waals surface area contributed by atoms with E-state index in [4.69, 9.17) is 17.0 Å². The number of carbonyl (C=O) groups is 1. The van der Waals surface area contributed by atoms with Crippen molar-refractivity contribution in [2.75, 3.05) is 6.54 Å². The highest BCUT2D eigenvalue weighted by Gasteiger charge is 2.28. The topological polar surface area (TPSA) is 69.1 Å². The summed E-state index contributed by atoms with van der Waals surface area (Å²) in [6.45, 7) is 5.76. The summed E-state index contributed by atoms with van der Waals surface area (Å²) >= 11 is 6.24. The van der Waals surface area contributed by atoms with E-state index >= 15 is 0 Å². The highest BCUT2D eigenvalue weighted by atomic mass is 35.5. The number of nitrogens with zero attached hydrogens (tertiary/aromatic N) is 2. The Bertz CT molecular complexity index is 1290. The summed E-state index contributed by atoms with van der Waals surface area (Å²) in [5.41, 5.74) is 4.69. The minimum absolute atomic E-state index is 0.146. The molecule has 3 aromatic rings. The van der Waals surface area contributed by atoms with Crippen molar-refractivity contribution >= 4 is 29.3 Å². The lowest BCUT2D eigenvalue weighted by Gasteiger charge is -2.16.